The molecule has 1 fully saturated rings. The van der Waals surface area contributed by atoms with Gasteiger partial charge in [0.15, 0.2) is 5.65 Å². The van der Waals surface area contributed by atoms with Crippen LogP contribution in [0.1, 0.15) is 40.4 Å². The van der Waals surface area contributed by atoms with Crippen molar-refractivity contribution in [1.82, 2.24) is 18.8 Å². The first-order chi connectivity index (χ1) is 15.1. The van der Waals surface area contributed by atoms with Crippen LogP contribution in [0, 0.1) is 0 Å². The van der Waals surface area contributed by atoms with E-state index in [9.17, 15) is 13.2 Å². The van der Waals surface area contributed by atoms with Gasteiger partial charge in [-0.1, -0.05) is 12.1 Å². The van der Waals surface area contributed by atoms with Crippen molar-refractivity contribution in [2.45, 2.75) is 25.3 Å². The Hall–Kier alpha value is -2.23. The van der Waals surface area contributed by atoms with Crippen LogP contribution in [-0.2, 0) is 16.6 Å². The van der Waals surface area contributed by atoms with Crippen LogP contribution in [0.25, 0.3) is 11.0 Å². The molecule has 0 saturated carbocycles. The van der Waals surface area contributed by atoms with Gasteiger partial charge in [-0.15, -0.1) is 0 Å². The highest BCUT2D eigenvalue weighted by molar-refractivity contribution is 9.10. The van der Waals surface area contributed by atoms with Crippen molar-refractivity contribution < 1.29 is 13.2 Å². The number of carbonyl (C=O) groups is 1. The summed E-state index contributed by atoms with van der Waals surface area (Å²) < 4.78 is 27.2. The maximum atomic E-state index is 12.5. The lowest BCUT2D eigenvalue weighted by Crippen LogP contribution is -2.33. The zero-order chi connectivity index (χ0) is 23.0. The lowest BCUT2D eigenvalue weighted by Gasteiger charge is -2.32. The van der Waals surface area contributed by atoms with Crippen LogP contribution in [0.3, 0.4) is 0 Å². The number of likely N-dealkylation sites (tertiary alicyclic amines) is 1. The van der Waals surface area contributed by atoms with Gasteiger partial charge in [0, 0.05) is 42.3 Å². The average molecular weight is 519 g/mol. The molecule has 0 N–H and O–H groups in total. The Morgan fingerprint density at radius 1 is 1.16 bits per heavy atom. The van der Waals surface area contributed by atoms with E-state index in [2.05, 4.69) is 37.9 Å². The summed E-state index contributed by atoms with van der Waals surface area (Å²) in [6, 6.07) is 11.7. The first-order valence-corrected chi connectivity index (χ1v) is 13.2. The zero-order valence-corrected chi connectivity index (χ0v) is 20.9. The molecule has 7 nitrogen and oxygen atoms in total. The SMILES string of the molecule is CN(C)C(=O)c1ccc(C2CCN(Cc3cc4c(Br)ccnc4n3S(C)(=O)=O)CC2)cc1. The fourth-order valence-corrected chi connectivity index (χ4v) is 5.79. The molecule has 4 rings (SSSR count). The van der Waals surface area contributed by atoms with E-state index < -0.39 is 10.0 Å². The second kappa shape index (κ2) is 8.96. The lowest BCUT2D eigenvalue weighted by molar-refractivity contribution is 0.0827. The van der Waals surface area contributed by atoms with Crippen LogP contribution < -0.4 is 0 Å². The molecule has 32 heavy (non-hydrogen) atoms. The van der Waals surface area contributed by atoms with Crippen molar-refractivity contribution in [2.24, 2.45) is 0 Å². The van der Waals surface area contributed by atoms with E-state index in [0.29, 0.717) is 23.7 Å². The second-order valence-electron chi connectivity index (χ2n) is 8.57. The van der Waals surface area contributed by atoms with Crippen molar-refractivity contribution in [3.05, 3.63) is 63.9 Å². The molecule has 1 saturated heterocycles. The highest BCUT2D eigenvalue weighted by Gasteiger charge is 2.25. The van der Waals surface area contributed by atoms with Gasteiger partial charge in [-0.05, 0) is 77.6 Å². The minimum atomic E-state index is -3.48. The van der Waals surface area contributed by atoms with Crippen molar-refractivity contribution >= 4 is 42.9 Å². The molecule has 1 aromatic carbocycles. The van der Waals surface area contributed by atoms with Gasteiger partial charge in [0.1, 0.15) is 0 Å². The number of fused-ring (bicyclic) bond motifs is 1. The number of halogens is 1. The number of piperidine rings is 1. The van der Waals surface area contributed by atoms with E-state index in [1.165, 1.54) is 15.8 Å². The number of amides is 1. The number of pyridine rings is 1. The second-order valence-corrected chi connectivity index (χ2v) is 11.3. The van der Waals surface area contributed by atoms with Crippen molar-refractivity contribution in [1.29, 1.82) is 0 Å². The van der Waals surface area contributed by atoms with Crippen LogP contribution in [0.2, 0.25) is 0 Å². The third kappa shape index (κ3) is 4.60. The molecule has 0 aliphatic carbocycles. The van der Waals surface area contributed by atoms with Gasteiger partial charge in [-0.3, -0.25) is 9.69 Å². The number of benzene rings is 1. The van der Waals surface area contributed by atoms with Gasteiger partial charge in [-0.2, -0.15) is 0 Å². The van der Waals surface area contributed by atoms with Crippen molar-refractivity contribution in [2.75, 3.05) is 33.4 Å². The highest BCUT2D eigenvalue weighted by atomic mass is 79.9. The van der Waals surface area contributed by atoms with Crippen LogP contribution in [0.15, 0.2) is 47.1 Å². The van der Waals surface area contributed by atoms with E-state index in [4.69, 9.17) is 0 Å². The van der Waals surface area contributed by atoms with Gasteiger partial charge in [-0.25, -0.2) is 17.4 Å². The standard InChI is InChI=1S/C23H27BrN4O3S/c1-26(2)23(29)18-6-4-16(5-7-18)17-9-12-27(13-10-17)15-19-14-20-21(24)8-11-25-22(20)28(19)32(3,30)31/h4-8,11,14,17H,9-10,12-13,15H2,1-3H3. The normalized spacial score (nSPS) is 15.9. The molecule has 0 spiro atoms. The minimum Gasteiger partial charge on any atom is -0.345 e. The quantitative estimate of drug-likeness (QED) is 0.514. The minimum absolute atomic E-state index is 0.00811. The molecule has 0 bridgehead atoms. The van der Waals surface area contributed by atoms with Gasteiger partial charge >= 0.3 is 0 Å². The van der Waals surface area contributed by atoms with Crippen molar-refractivity contribution in [3.63, 3.8) is 0 Å². The Balaban J connectivity index is 1.47. The monoisotopic (exact) mass is 518 g/mol. The third-order valence-corrected chi connectivity index (χ3v) is 7.78. The summed E-state index contributed by atoms with van der Waals surface area (Å²) in [6.45, 7) is 2.31. The molecule has 170 valence electrons. The molecule has 3 aromatic rings. The Morgan fingerprint density at radius 2 is 1.81 bits per heavy atom. The molecule has 1 aliphatic rings. The third-order valence-electron chi connectivity index (χ3n) is 6.02. The summed E-state index contributed by atoms with van der Waals surface area (Å²) in [6.07, 6.45) is 4.81. The fourth-order valence-electron chi connectivity index (χ4n) is 4.39. The van der Waals surface area contributed by atoms with Crippen molar-refractivity contribution in [3.8, 4) is 0 Å². The fraction of sp³-hybridized carbons (Fsp3) is 0.391. The summed E-state index contributed by atoms with van der Waals surface area (Å²) in [7, 11) is 0.0281. The molecule has 0 atom stereocenters. The Labute approximate surface area is 197 Å². The van der Waals surface area contributed by atoms with Gasteiger partial charge in [0.25, 0.3) is 5.91 Å². The van der Waals surface area contributed by atoms with E-state index in [1.54, 1.807) is 25.2 Å². The predicted molar refractivity (Wildman–Crippen MR) is 129 cm³/mol. The first-order valence-electron chi connectivity index (χ1n) is 10.5. The molecular formula is C23H27BrN4O3S. The lowest BCUT2D eigenvalue weighted by atomic mass is 9.89. The topological polar surface area (TPSA) is 75.5 Å². The first kappa shape index (κ1) is 22.9. The predicted octanol–water partition coefficient (Wildman–Crippen LogP) is 3.69. The summed E-state index contributed by atoms with van der Waals surface area (Å²) in [5.41, 5.74) is 3.13. The smallest absolute Gasteiger partial charge is 0.253 e. The number of hydrogen-bond acceptors (Lipinski definition) is 5. The highest BCUT2D eigenvalue weighted by Crippen LogP contribution is 2.31. The molecule has 3 heterocycles. The number of carbonyl (C=O) groups excluding carboxylic acids is 1. The number of rotatable bonds is 5. The van der Waals surface area contributed by atoms with E-state index >= 15 is 0 Å². The molecule has 0 radical (unpaired) electrons. The van der Waals surface area contributed by atoms with E-state index in [1.807, 2.05) is 24.3 Å². The van der Waals surface area contributed by atoms with Gasteiger partial charge in [0.2, 0.25) is 10.0 Å². The molecule has 9 heteroatoms. The molecule has 0 unspecified atom stereocenters. The summed E-state index contributed by atoms with van der Waals surface area (Å²) in [5, 5.41) is 0.801. The Kier molecular flexibility index (Phi) is 6.42. The number of hydrogen-bond donors (Lipinski definition) is 0. The van der Waals surface area contributed by atoms with E-state index in [0.717, 1.165) is 41.5 Å². The summed E-state index contributed by atoms with van der Waals surface area (Å²) >= 11 is 3.51. The summed E-state index contributed by atoms with van der Waals surface area (Å²) in [5.74, 6) is 0.445. The van der Waals surface area contributed by atoms with Crippen LogP contribution in [0.4, 0.5) is 0 Å². The number of nitrogens with zero attached hydrogens (tertiary/aromatic N) is 4. The average Bonchev–Trinajstić information content (AvgIpc) is 3.13. The van der Waals surface area contributed by atoms with E-state index in [-0.39, 0.29) is 5.91 Å². The van der Waals surface area contributed by atoms with Crippen LogP contribution >= 0.6 is 15.9 Å². The Bertz CT molecular complexity index is 1240. The number of aromatic nitrogens is 2. The largest absolute Gasteiger partial charge is 0.345 e. The van der Waals surface area contributed by atoms with Crippen LogP contribution in [-0.4, -0.2) is 66.5 Å². The van der Waals surface area contributed by atoms with Crippen LogP contribution in [0.5, 0.6) is 0 Å². The molecule has 1 aliphatic heterocycles. The van der Waals surface area contributed by atoms with Gasteiger partial charge < -0.3 is 4.90 Å². The maximum absolute atomic E-state index is 12.5. The molecule has 1 amide bonds. The molecule has 2 aromatic heterocycles. The molecular weight excluding hydrogens is 492 g/mol. The zero-order valence-electron chi connectivity index (χ0n) is 18.5. The summed E-state index contributed by atoms with van der Waals surface area (Å²) in [4.78, 5) is 20.3. The Morgan fingerprint density at radius 3 is 2.41 bits per heavy atom. The van der Waals surface area contributed by atoms with Gasteiger partial charge in [0.05, 0.1) is 11.9 Å². The maximum Gasteiger partial charge on any atom is 0.253 e.